The zero-order valence-corrected chi connectivity index (χ0v) is 13.7. The van der Waals surface area contributed by atoms with E-state index >= 15 is 0 Å². The van der Waals surface area contributed by atoms with E-state index in [-0.39, 0.29) is 18.3 Å². The van der Waals surface area contributed by atoms with Gasteiger partial charge in [0.15, 0.2) is 0 Å². The second-order valence-electron chi connectivity index (χ2n) is 4.75. The van der Waals surface area contributed by atoms with Crippen LogP contribution in [0.5, 0.6) is 0 Å². The molecule has 0 saturated heterocycles. The lowest BCUT2D eigenvalue weighted by Crippen LogP contribution is -2.52. The molecule has 2 amide bonds. The first kappa shape index (κ1) is 19.7. The maximum absolute atomic E-state index is 11.9. The molecule has 1 aromatic rings. The molecule has 0 bridgehead atoms. The van der Waals surface area contributed by atoms with E-state index in [2.05, 4.69) is 10.6 Å². The Balaban J connectivity index is 0.00000400. The summed E-state index contributed by atoms with van der Waals surface area (Å²) >= 11 is 5.92. The molecular weight excluding hydrogens is 313 g/mol. The lowest BCUT2D eigenvalue weighted by Gasteiger charge is -2.28. The summed E-state index contributed by atoms with van der Waals surface area (Å²) in [6.45, 7) is 2.31. The van der Waals surface area contributed by atoms with Crippen molar-refractivity contribution in [3.63, 3.8) is 0 Å². The van der Waals surface area contributed by atoms with Crippen molar-refractivity contribution in [3.05, 3.63) is 34.9 Å². The standard InChI is InChI=1S/C14H20ClN3O2.ClH/c1-14(13(16)20,10-5-3-6-11(15)9-10)18-12(19)7-4-8-17-2;/h3,5-6,9,17H,4,7-8H2,1-2H3,(H2,16,20)(H,18,19);1H. The average Bonchev–Trinajstić information content (AvgIpc) is 2.38. The highest BCUT2D eigenvalue weighted by atomic mass is 35.5. The van der Waals surface area contributed by atoms with Gasteiger partial charge < -0.3 is 16.4 Å². The van der Waals surface area contributed by atoms with Crippen molar-refractivity contribution in [3.8, 4) is 0 Å². The number of hydrogen-bond donors (Lipinski definition) is 3. The van der Waals surface area contributed by atoms with Gasteiger partial charge in [0.1, 0.15) is 5.54 Å². The Kier molecular flexibility index (Phi) is 8.32. The predicted molar refractivity (Wildman–Crippen MR) is 86.5 cm³/mol. The summed E-state index contributed by atoms with van der Waals surface area (Å²) in [4.78, 5) is 23.7. The van der Waals surface area contributed by atoms with Gasteiger partial charge in [0, 0.05) is 11.4 Å². The first-order chi connectivity index (χ1) is 9.40. The van der Waals surface area contributed by atoms with Crippen molar-refractivity contribution in [1.29, 1.82) is 0 Å². The first-order valence-corrected chi connectivity index (χ1v) is 6.79. The number of nitrogens with two attached hydrogens (primary N) is 1. The van der Waals surface area contributed by atoms with Crippen molar-refractivity contribution < 1.29 is 9.59 Å². The highest BCUT2D eigenvalue weighted by Gasteiger charge is 2.34. The second kappa shape index (κ2) is 8.87. The number of carbonyl (C=O) groups is 2. The maximum atomic E-state index is 11.9. The normalized spacial score (nSPS) is 12.9. The van der Waals surface area contributed by atoms with E-state index in [1.54, 1.807) is 31.2 Å². The molecule has 0 spiro atoms. The van der Waals surface area contributed by atoms with Gasteiger partial charge in [-0.1, -0.05) is 23.7 Å². The van der Waals surface area contributed by atoms with Crippen LogP contribution in [-0.4, -0.2) is 25.4 Å². The Morgan fingerprint density at radius 3 is 2.57 bits per heavy atom. The highest BCUT2D eigenvalue weighted by molar-refractivity contribution is 6.30. The Labute approximate surface area is 136 Å². The average molecular weight is 334 g/mol. The minimum Gasteiger partial charge on any atom is -0.367 e. The molecule has 21 heavy (non-hydrogen) atoms. The SMILES string of the molecule is CNCCCC(=O)NC(C)(C(N)=O)c1cccc(Cl)c1.Cl. The van der Waals surface area contributed by atoms with Crippen LogP contribution in [0.1, 0.15) is 25.3 Å². The van der Waals surface area contributed by atoms with Crippen LogP contribution >= 0.6 is 24.0 Å². The minimum absolute atomic E-state index is 0. The lowest BCUT2D eigenvalue weighted by molar-refractivity contribution is -0.131. The number of carbonyl (C=O) groups excluding carboxylic acids is 2. The van der Waals surface area contributed by atoms with E-state index in [1.165, 1.54) is 0 Å². The zero-order valence-electron chi connectivity index (χ0n) is 12.1. The molecule has 0 aromatic heterocycles. The van der Waals surface area contributed by atoms with Crippen LogP contribution < -0.4 is 16.4 Å². The number of rotatable bonds is 7. The van der Waals surface area contributed by atoms with Crippen LogP contribution in [0.4, 0.5) is 0 Å². The molecule has 0 fully saturated rings. The molecule has 0 aliphatic rings. The van der Waals surface area contributed by atoms with Gasteiger partial charge in [-0.2, -0.15) is 0 Å². The monoisotopic (exact) mass is 333 g/mol. The van der Waals surface area contributed by atoms with Crippen molar-refractivity contribution in [2.24, 2.45) is 5.73 Å². The summed E-state index contributed by atoms with van der Waals surface area (Å²) in [5.41, 5.74) is 4.75. The third kappa shape index (κ3) is 5.53. The van der Waals surface area contributed by atoms with E-state index in [4.69, 9.17) is 17.3 Å². The number of halogens is 2. The number of amides is 2. The molecule has 0 saturated carbocycles. The Morgan fingerprint density at radius 1 is 1.38 bits per heavy atom. The summed E-state index contributed by atoms with van der Waals surface area (Å²) in [7, 11) is 1.82. The van der Waals surface area contributed by atoms with E-state index < -0.39 is 11.4 Å². The first-order valence-electron chi connectivity index (χ1n) is 6.41. The number of hydrogen-bond acceptors (Lipinski definition) is 3. The fourth-order valence-corrected chi connectivity index (χ4v) is 2.03. The lowest BCUT2D eigenvalue weighted by atomic mass is 9.91. The molecule has 0 radical (unpaired) electrons. The Morgan fingerprint density at radius 2 is 2.05 bits per heavy atom. The molecule has 1 atom stereocenters. The molecule has 0 aliphatic heterocycles. The third-order valence-electron chi connectivity index (χ3n) is 3.11. The molecule has 0 heterocycles. The van der Waals surface area contributed by atoms with Gasteiger partial charge in [-0.3, -0.25) is 9.59 Å². The van der Waals surface area contributed by atoms with Crippen molar-refractivity contribution in [1.82, 2.24) is 10.6 Å². The van der Waals surface area contributed by atoms with Gasteiger partial charge >= 0.3 is 0 Å². The van der Waals surface area contributed by atoms with E-state index in [0.717, 1.165) is 6.54 Å². The molecule has 0 aliphatic carbocycles. The Bertz CT molecular complexity index is 497. The summed E-state index contributed by atoms with van der Waals surface area (Å²) in [5, 5.41) is 6.14. The van der Waals surface area contributed by atoms with Crippen LogP contribution in [0, 0.1) is 0 Å². The maximum Gasteiger partial charge on any atom is 0.247 e. The molecule has 1 unspecified atom stereocenters. The van der Waals surface area contributed by atoms with Gasteiger partial charge in [0.05, 0.1) is 0 Å². The molecule has 1 rings (SSSR count). The number of nitrogens with one attached hydrogen (secondary N) is 2. The quantitative estimate of drug-likeness (QED) is 0.662. The van der Waals surface area contributed by atoms with Crippen molar-refractivity contribution >= 4 is 35.8 Å². The topological polar surface area (TPSA) is 84.2 Å². The second-order valence-corrected chi connectivity index (χ2v) is 5.19. The van der Waals surface area contributed by atoms with Gasteiger partial charge in [0.25, 0.3) is 0 Å². The Hall–Kier alpha value is -1.30. The fourth-order valence-electron chi connectivity index (χ4n) is 1.84. The molecule has 1 aromatic carbocycles. The smallest absolute Gasteiger partial charge is 0.247 e. The number of benzene rings is 1. The minimum atomic E-state index is -1.26. The molecule has 118 valence electrons. The van der Waals surface area contributed by atoms with Crippen LogP contribution in [0.15, 0.2) is 24.3 Å². The van der Waals surface area contributed by atoms with Gasteiger partial charge in [-0.05, 0) is 44.6 Å². The van der Waals surface area contributed by atoms with E-state index in [9.17, 15) is 9.59 Å². The van der Waals surface area contributed by atoms with E-state index in [0.29, 0.717) is 23.4 Å². The molecule has 5 nitrogen and oxygen atoms in total. The van der Waals surface area contributed by atoms with Gasteiger partial charge in [-0.25, -0.2) is 0 Å². The summed E-state index contributed by atoms with van der Waals surface area (Å²) < 4.78 is 0. The largest absolute Gasteiger partial charge is 0.367 e. The van der Waals surface area contributed by atoms with Gasteiger partial charge in [-0.15, -0.1) is 12.4 Å². The summed E-state index contributed by atoms with van der Waals surface area (Å²) in [6.07, 6.45) is 1.01. The van der Waals surface area contributed by atoms with Crippen LogP contribution in [-0.2, 0) is 15.1 Å². The molecular formula is C14H21Cl2N3O2. The summed E-state index contributed by atoms with van der Waals surface area (Å²) in [6, 6.07) is 6.75. The van der Waals surface area contributed by atoms with Crippen molar-refractivity contribution in [2.45, 2.75) is 25.3 Å². The fraction of sp³-hybridized carbons (Fsp3) is 0.429. The third-order valence-corrected chi connectivity index (χ3v) is 3.35. The predicted octanol–water partition coefficient (Wildman–Crippen LogP) is 1.58. The van der Waals surface area contributed by atoms with Crippen LogP contribution in [0.3, 0.4) is 0 Å². The highest BCUT2D eigenvalue weighted by Crippen LogP contribution is 2.23. The van der Waals surface area contributed by atoms with Crippen molar-refractivity contribution in [2.75, 3.05) is 13.6 Å². The molecule has 4 N–H and O–H groups in total. The number of primary amides is 1. The van der Waals surface area contributed by atoms with Crippen LogP contribution in [0.2, 0.25) is 5.02 Å². The summed E-state index contributed by atoms with van der Waals surface area (Å²) in [5.74, 6) is -0.844. The van der Waals surface area contributed by atoms with Gasteiger partial charge in [0.2, 0.25) is 11.8 Å². The van der Waals surface area contributed by atoms with E-state index in [1.807, 2.05) is 7.05 Å². The zero-order chi connectivity index (χ0) is 15.2. The van der Waals surface area contributed by atoms with Crippen LogP contribution in [0.25, 0.3) is 0 Å². The molecule has 7 heteroatoms.